The van der Waals surface area contributed by atoms with E-state index in [4.69, 9.17) is 4.74 Å². The zero-order valence-electron chi connectivity index (χ0n) is 17.6. The summed E-state index contributed by atoms with van der Waals surface area (Å²) in [4.78, 5) is 12.5. The number of hydrogen-bond donors (Lipinski definition) is 1. The van der Waals surface area contributed by atoms with E-state index in [1.165, 1.54) is 6.42 Å². The molecular weight excluding hydrogens is 360 g/mol. The zero-order chi connectivity index (χ0) is 20.5. The van der Waals surface area contributed by atoms with Gasteiger partial charge in [-0.1, -0.05) is 81.5 Å². The van der Waals surface area contributed by atoms with E-state index in [-0.39, 0.29) is 5.92 Å². The Balaban J connectivity index is 1.71. The molecule has 1 saturated carbocycles. The third-order valence-corrected chi connectivity index (χ3v) is 6.48. The Morgan fingerprint density at radius 3 is 2.31 bits per heavy atom. The Bertz CT molecular complexity index is 747. The van der Waals surface area contributed by atoms with Crippen molar-refractivity contribution in [1.29, 1.82) is 0 Å². The minimum Gasteiger partial charge on any atom is -0.489 e. The van der Waals surface area contributed by atoms with Gasteiger partial charge in [-0.05, 0) is 54.9 Å². The Labute approximate surface area is 175 Å². The molecule has 1 N–H and O–H groups in total. The van der Waals surface area contributed by atoms with Crippen molar-refractivity contribution < 1.29 is 14.6 Å². The lowest BCUT2D eigenvalue weighted by Crippen LogP contribution is -2.42. The largest absolute Gasteiger partial charge is 0.489 e. The number of unbranched alkanes of at least 4 members (excludes halogenated alkanes) is 1. The van der Waals surface area contributed by atoms with Crippen LogP contribution in [0.3, 0.4) is 0 Å². The lowest BCUT2D eigenvalue weighted by atomic mass is 9.63. The molecule has 3 heteroatoms. The standard InChI is InChI=1S/C26H34O3/c1-2-3-18-26(25(27)28,23-12-8-5-9-13-23)19-21-14-16-24(17-15-21)29-20-22-10-6-4-7-11-22/h4,6-7,10-11,14-17,23H,2-3,5,8-9,12-13,18-20H2,1H3,(H,27,28)/t26-/m1/s1. The van der Waals surface area contributed by atoms with Gasteiger partial charge in [0.15, 0.2) is 0 Å². The van der Waals surface area contributed by atoms with Crippen LogP contribution in [0, 0.1) is 11.3 Å². The van der Waals surface area contributed by atoms with E-state index in [9.17, 15) is 9.90 Å². The van der Waals surface area contributed by atoms with Crippen LogP contribution in [0.2, 0.25) is 0 Å². The number of carbonyl (C=O) groups is 1. The van der Waals surface area contributed by atoms with Gasteiger partial charge in [-0.2, -0.15) is 0 Å². The molecule has 156 valence electrons. The van der Waals surface area contributed by atoms with Crippen molar-refractivity contribution in [2.45, 2.75) is 71.3 Å². The summed E-state index contributed by atoms with van der Waals surface area (Å²) in [5.74, 6) is 0.501. The molecule has 0 aromatic heterocycles. The quantitative estimate of drug-likeness (QED) is 0.491. The van der Waals surface area contributed by atoms with Gasteiger partial charge in [0.1, 0.15) is 12.4 Å². The number of hydrogen-bond acceptors (Lipinski definition) is 2. The van der Waals surface area contributed by atoms with Gasteiger partial charge in [-0.15, -0.1) is 0 Å². The Morgan fingerprint density at radius 1 is 1.00 bits per heavy atom. The first-order chi connectivity index (χ1) is 14.1. The fraction of sp³-hybridized carbons (Fsp3) is 0.500. The molecule has 0 radical (unpaired) electrons. The highest BCUT2D eigenvalue weighted by atomic mass is 16.5. The van der Waals surface area contributed by atoms with E-state index in [1.807, 2.05) is 54.6 Å². The molecule has 0 bridgehead atoms. The van der Waals surface area contributed by atoms with Crippen molar-refractivity contribution in [2.24, 2.45) is 11.3 Å². The molecule has 1 fully saturated rings. The molecule has 3 rings (SSSR count). The summed E-state index contributed by atoms with van der Waals surface area (Å²) < 4.78 is 5.89. The molecule has 0 heterocycles. The maximum atomic E-state index is 12.5. The average molecular weight is 395 g/mol. The number of carboxylic acid groups (broad SMARTS) is 1. The van der Waals surface area contributed by atoms with Gasteiger partial charge >= 0.3 is 5.97 Å². The monoisotopic (exact) mass is 394 g/mol. The van der Waals surface area contributed by atoms with Gasteiger partial charge in [-0.3, -0.25) is 4.79 Å². The van der Waals surface area contributed by atoms with Crippen LogP contribution < -0.4 is 4.74 Å². The van der Waals surface area contributed by atoms with Crippen molar-refractivity contribution in [3.8, 4) is 5.75 Å². The maximum Gasteiger partial charge on any atom is 0.310 e. The van der Waals surface area contributed by atoms with E-state index in [0.717, 1.165) is 61.8 Å². The SMILES string of the molecule is CCCC[C@](Cc1ccc(OCc2ccccc2)cc1)(C(=O)O)C1CCCCC1. The molecule has 0 amide bonds. The first kappa shape index (κ1) is 21.4. The summed E-state index contributed by atoms with van der Waals surface area (Å²) in [6.07, 6.45) is 9.07. The second kappa shape index (κ2) is 10.5. The Hall–Kier alpha value is -2.29. The van der Waals surface area contributed by atoms with Crippen LogP contribution >= 0.6 is 0 Å². The molecule has 0 saturated heterocycles. The van der Waals surface area contributed by atoms with E-state index in [2.05, 4.69) is 6.92 Å². The summed E-state index contributed by atoms with van der Waals surface area (Å²) in [5.41, 5.74) is 1.60. The minimum atomic E-state index is -0.636. The molecule has 1 aliphatic rings. The van der Waals surface area contributed by atoms with E-state index < -0.39 is 11.4 Å². The van der Waals surface area contributed by atoms with Crippen molar-refractivity contribution in [1.82, 2.24) is 0 Å². The van der Waals surface area contributed by atoms with Gasteiger partial charge in [0.2, 0.25) is 0 Å². The van der Waals surface area contributed by atoms with Crippen LogP contribution in [0.5, 0.6) is 5.75 Å². The molecule has 0 unspecified atom stereocenters. The second-order valence-electron chi connectivity index (χ2n) is 8.49. The molecule has 2 aromatic rings. The van der Waals surface area contributed by atoms with Gasteiger partial charge in [0, 0.05) is 0 Å². The molecule has 1 aliphatic carbocycles. The van der Waals surface area contributed by atoms with E-state index >= 15 is 0 Å². The summed E-state index contributed by atoms with van der Waals surface area (Å²) >= 11 is 0. The van der Waals surface area contributed by atoms with Crippen LogP contribution in [0.4, 0.5) is 0 Å². The van der Waals surface area contributed by atoms with Crippen molar-refractivity contribution in [3.05, 3.63) is 65.7 Å². The van der Waals surface area contributed by atoms with Crippen LogP contribution in [-0.2, 0) is 17.8 Å². The van der Waals surface area contributed by atoms with Crippen molar-refractivity contribution >= 4 is 5.97 Å². The summed E-state index contributed by atoms with van der Waals surface area (Å²) in [5, 5.41) is 10.3. The number of rotatable bonds is 10. The van der Waals surface area contributed by atoms with Gasteiger partial charge in [-0.25, -0.2) is 0 Å². The Kier molecular flexibility index (Phi) is 7.74. The normalized spacial score (nSPS) is 16.9. The van der Waals surface area contributed by atoms with Crippen LogP contribution in [-0.4, -0.2) is 11.1 Å². The van der Waals surface area contributed by atoms with Crippen LogP contribution in [0.25, 0.3) is 0 Å². The Morgan fingerprint density at radius 2 is 1.69 bits per heavy atom. The molecular formula is C26H34O3. The summed E-state index contributed by atoms with van der Waals surface area (Å²) in [6, 6.07) is 18.2. The lowest BCUT2D eigenvalue weighted by molar-refractivity contribution is -0.154. The predicted octanol–water partition coefficient (Wildman–Crippen LogP) is 6.65. The molecule has 29 heavy (non-hydrogen) atoms. The molecule has 0 aliphatic heterocycles. The smallest absolute Gasteiger partial charge is 0.310 e. The van der Waals surface area contributed by atoms with Gasteiger partial charge < -0.3 is 9.84 Å². The van der Waals surface area contributed by atoms with Crippen LogP contribution in [0.15, 0.2) is 54.6 Å². The summed E-state index contributed by atoms with van der Waals surface area (Å²) in [7, 11) is 0. The molecule has 3 nitrogen and oxygen atoms in total. The third kappa shape index (κ3) is 5.62. The van der Waals surface area contributed by atoms with Crippen LogP contribution in [0.1, 0.15) is 69.4 Å². The summed E-state index contributed by atoms with van der Waals surface area (Å²) in [6.45, 7) is 2.68. The second-order valence-corrected chi connectivity index (χ2v) is 8.49. The minimum absolute atomic E-state index is 0.286. The number of carboxylic acids is 1. The van der Waals surface area contributed by atoms with E-state index in [1.54, 1.807) is 0 Å². The van der Waals surface area contributed by atoms with E-state index in [0.29, 0.717) is 13.0 Å². The highest BCUT2D eigenvalue weighted by molar-refractivity contribution is 5.75. The topological polar surface area (TPSA) is 46.5 Å². The highest BCUT2D eigenvalue weighted by Crippen LogP contribution is 2.45. The third-order valence-electron chi connectivity index (χ3n) is 6.48. The van der Waals surface area contributed by atoms with Crippen molar-refractivity contribution in [3.63, 3.8) is 0 Å². The zero-order valence-corrected chi connectivity index (χ0v) is 17.6. The fourth-order valence-electron chi connectivity index (χ4n) is 4.75. The number of benzene rings is 2. The first-order valence-electron chi connectivity index (χ1n) is 11.1. The lowest BCUT2D eigenvalue weighted by Gasteiger charge is -2.40. The predicted molar refractivity (Wildman–Crippen MR) is 117 cm³/mol. The molecule has 2 aromatic carbocycles. The maximum absolute atomic E-state index is 12.5. The van der Waals surface area contributed by atoms with Gasteiger partial charge in [0.05, 0.1) is 5.41 Å². The number of ether oxygens (including phenoxy) is 1. The average Bonchev–Trinajstić information content (AvgIpc) is 2.77. The van der Waals surface area contributed by atoms with Gasteiger partial charge in [0.25, 0.3) is 0 Å². The highest BCUT2D eigenvalue weighted by Gasteiger charge is 2.45. The van der Waals surface area contributed by atoms with Crippen molar-refractivity contribution in [2.75, 3.05) is 0 Å². The number of aliphatic carboxylic acids is 1. The first-order valence-corrected chi connectivity index (χ1v) is 11.1. The molecule has 1 atom stereocenters. The fourth-order valence-corrected chi connectivity index (χ4v) is 4.75. The molecule has 0 spiro atoms.